The van der Waals surface area contributed by atoms with E-state index in [0.29, 0.717) is 19.4 Å². The van der Waals surface area contributed by atoms with E-state index in [0.717, 1.165) is 41.2 Å². The summed E-state index contributed by atoms with van der Waals surface area (Å²) in [4.78, 5) is 27.1. The van der Waals surface area contributed by atoms with Crippen LogP contribution in [0.3, 0.4) is 0 Å². The van der Waals surface area contributed by atoms with Crippen molar-refractivity contribution >= 4 is 28.4 Å². The van der Waals surface area contributed by atoms with Crippen LogP contribution in [-0.2, 0) is 4.79 Å². The SMILES string of the molecule is Cc1c[nH]c2ncnc(N3CCC(CN)(C(=O)Nc4c[c]ccc4)CC3)c12. The van der Waals surface area contributed by atoms with Gasteiger partial charge in [0.1, 0.15) is 17.8 Å². The lowest BCUT2D eigenvalue weighted by molar-refractivity contribution is -0.126. The number of aromatic amines is 1. The normalized spacial score (nSPS) is 16.4. The Bertz CT molecular complexity index is 944. The smallest absolute Gasteiger partial charge is 0.232 e. The van der Waals surface area contributed by atoms with Crippen LogP contribution in [0.1, 0.15) is 18.4 Å². The first-order valence-electron chi connectivity index (χ1n) is 9.14. The third kappa shape index (κ3) is 3.14. The number of rotatable bonds is 4. The summed E-state index contributed by atoms with van der Waals surface area (Å²) < 4.78 is 0. The van der Waals surface area contributed by atoms with Crippen molar-refractivity contribution < 1.29 is 4.79 Å². The van der Waals surface area contributed by atoms with E-state index in [4.69, 9.17) is 5.73 Å². The number of nitrogens with two attached hydrogens (primary N) is 1. The van der Waals surface area contributed by atoms with Gasteiger partial charge in [-0.05, 0) is 43.5 Å². The van der Waals surface area contributed by atoms with Gasteiger partial charge in [0.25, 0.3) is 0 Å². The molecule has 0 unspecified atom stereocenters. The number of H-pyrrole nitrogens is 1. The number of hydrogen-bond acceptors (Lipinski definition) is 5. The van der Waals surface area contributed by atoms with Crippen LogP contribution in [0.4, 0.5) is 11.5 Å². The van der Waals surface area contributed by atoms with Gasteiger partial charge >= 0.3 is 0 Å². The predicted molar refractivity (Wildman–Crippen MR) is 105 cm³/mol. The van der Waals surface area contributed by atoms with E-state index in [1.54, 1.807) is 18.5 Å². The molecule has 1 saturated heterocycles. The molecule has 2 aromatic heterocycles. The van der Waals surface area contributed by atoms with Crippen molar-refractivity contribution in [2.45, 2.75) is 19.8 Å². The molecule has 1 aliphatic rings. The quantitative estimate of drug-likeness (QED) is 0.660. The van der Waals surface area contributed by atoms with E-state index in [-0.39, 0.29) is 5.91 Å². The van der Waals surface area contributed by atoms with Crippen LogP contribution in [-0.4, -0.2) is 40.5 Å². The summed E-state index contributed by atoms with van der Waals surface area (Å²) in [6, 6.07) is 10.3. The van der Waals surface area contributed by atoms with Crippen LogP contribution in [0.15, 0.2) is 36.8 Å². The van der Waals surface area contributed by atoms with E-state index in [1.807, 2.05) is 25.3 Å². The molecule has 139 valence electrons. The van der Waals surface area contributed by atoms with E-state index < -0.39 is 5.41 Å². The fourth-order valence-electron chi connectivity index (χ4n) is 3.74. The highest BCUT2D eigenvalue weighted by molar-refractivity contribution is 5.96. The van der Waals surface area contributed by atoms with Crippen molar-refractivity contribution in [2.75, 3.05) is 29.9 Å². The molecule has 1 aliphatic heterocycles. The number of nitrogens with one attached hydrogen (secondary N) is 2. The van der Waals surface area contributed by atoms with Crippen LogP contribution in [0.2, 0.25) is 0 Å². The second-order valence-electron chi connectivity index (χ2n) is 7.11. The Kier molecular flexibility index (Phi) is 4.53. The molecule has 0 aliphatic carbocycles. The lowest BCUT2D eigenvalue weighted by Crippen LogP contribution is -2.50. The largest absolute Gasteiger partial charge is 0.356 e. The standard InChI is InChI=1S/C20H23N6O/c1-14-11-22-17-16(14)18(24-13-23-17)26-9-7-20(12-21,8-10-26)19(27)25-15-5-3-2-4-6-15/h2-3,5-6,11,13H,7-10,12,21H2,1H3,(H,25,27)(H,22,23,24). The van der Waals surface area contributed by atoms with E-state index in [1.165, 1.54) is 0 Å². The highest BCUT2D eigenvalue weighted by atomic mass is 16.2. The number of amides is 1. The first-order chi connectivity index (χ1) is 13.1. The molecule has 7 heteroatoms. The van der Waals surface area contributed by atoms with Gasteiger partial charge in [0.15, 0.2) is 0 Å². The second-order valence-corrected chi connectivity index (χ2v) is 7.11. The lowest BCUT2D eigenvalue weighted by Gasteiger charge is -2.40. The Morgan fingerprint density at radius 1 is 1.41 bits per heavy atom. The van der Waals surface area contributed by atoms with Crippen molar-refractivity contribution in [1.82, 2.24) is 15.0 Å². The minimum atomic E-state index is -0.564. The number of piperidine rings is 1. The van der Waals surface area contributed by atoms with Crippen LogP contribution in [0.5, 0.6) is 0 Å². The summed E-state index contributed by atoms with van der Waals surface area (Å²) in [5.74, 6) is 0.900. The molecule has 4 rings (SSSR count). The molecule has 1 amide bonds. The predicted octanol–water partition coefficient (Wildman–Crippen LogP) is 2.25. The van der Waals surface area contributed by atoms with Gasteiger partial charge < -0.3 is 20.9 Å². The highest BCUT2D eigenvalue weighted by Gasteiger charge is 2.40. The van der Waals surface area contributed by atoms with Crippen molar-refractivity contribution in [3.63, 3.8) is 0 Å². The summed E-state index contributed by atoms with van der Waals surface area (Å²) in [6.07, 6.45) is 4.89. The average Bonchev–Trinajstić information content (AvgIpc) is 3.10. The Morgan fingerprint density at radius 2 is 2.22 bits per heavy atom. The number of hydrogen-bond donors (Lipinski definition) is 3. The Hall–Kier alpha value is -2.93. The third-order valence-corrected chi connectivity index (χ3v) is 5.50. The number of carbonyl (C=O) groups excluding carboxylic acids is 1. The number of carbonyl (C=O) groups is 1. The summed E-state index contributed by atoms with van der Waals surface area (Å²) in [5.41, 5.74) is 8.20. The maximum absolute atomic E-state index is 12.9. The average molecular weight is 363 g/mol. The minimum absolute atomic E-state index is 0.0186. The molecule has 27 heavy (non-hydrogen) atoms. The molecule has 1 radical (unpaired) electrons. The number of anilines is 2. The zero-order chi connectivity index (χ0) is 18.9. The Balaban J connectivity index is 1.52. The fraction of sp³-hybridized carbons (Fsp3) is 0.350. The molecule has 0 saturated carbocycles. The van der Waals surface area contributed by atoms with Crippen LogP contribution in [0, 0.1) is 18.4 Å². The van der Waals surface area contributed by atoms with Gasteiger partial charge in [0, 0.05) is 31.5 Å². The maximum atomic E-state index is 12.9. The minimum Gasteiger partial charge on any atom is -0.356 e. The lowest BCUT2D eigenvalue weighted by atomic mass is 9.77. The Morgan fingerprint density at radius 3 is 2.93 bits per heavy atom. The van der Waals surface area contributed by atoms with Crippen LogP contribution >= 0.6 is 0 Å². The number of benzene rings is 1. The summed E-state index contributed by atoms with van der Waals surface area (Å²) in [5, 5.41) is 4.04. The van der Waals surface area contributed by atoms with Crippen molar-refractivity contribution in [3.05, 3.63) is 48.4 Å². The molecule has 0 atom stereocenters. The highest BCUT2D eigenvalue weighted by Crippen LogP contribution is 2.35. The summed E-state index contributed by atoms with van der Waals surface area (Å²) in [7, 11) is 0. The zero-order valence-corrected chi connectivity index (χ0v) is 15.3. The molecule has 0 bridgehead atoms. The van der Waals surface area contributed by atoms with Gasteiger partial charge in [-0.2, -0.15) is 0 Å². The van der Waals surface area contributed by atoms with Gasteiger partial charge in [-0.15, -0.1) is 0 Å². The van der Waals surface area contributed by atoms with Crippen LogP contribution in [0.25, 0.3) is 11.0 Å². The van der Waals surface area contributed by atoms with Gasteiger partial charge in [-0.25, -0.2) is 9.97 Å². The number of aryl methyl sites for hydroxylation is 1. The monoisotopic (exact) mass is 363 g/mol. The molecule has 3 aromatic rings. The second kappa shape index (κ2) is 7.00. The summed E-state index contributed by atoms with van der Waals surface area (Å²) in [6.45, 7) is 3.82. The van der Waals surface area contributed by atoms with E-state index in [2.05, 4.69) is 31.2 Å². The van der Waals surface area contributed by atoms with Gasteiger partial charge in [0.2, 0.25) is 5.91 Å². The van der Waals surface area contributed by atoms with Crippen LogP contribution < -0.4 is 16.0 Å². The van der Waals surface area contributed by atoms with Gasteiger partial charge in [-0.3, -0.25) is 4.79 Å². The third-order valence-electron chi connectivity index (χ3n) is 5.50. The molecule has 7 nitrogen and oxygen atoms in total. The fourth-order valence-corrected chi connectivity index (χ4v) is 3.74. The van der Waals surface area contributed by atoms with E-state index >= 15 is 0 Å². The van der Waals surface area contributed by atoms with Crippen molar-refractivity contribution in [2.24, 2.45) is 11.1 Å². The number of nitrogens with zero attached hydrogens (tertiary/aromatic N) is 3. The topological polar surface area (TPSA) is 99.9 Å². The van der Waals surface area contributed by atoms with Gasteiger partial charge in [-0.1, -0.05) is 12.1 Å². The first-order valence-corrected chi connectivity index (χ1v) is 9.14. The molecule has 4 N–H and O–H groups in total. The number of aromatic nitrogens is 3. The Labute approximate surface area is 158 Å². The van der Waals surface area contributed by atoms with Crippen molar-refractivity contribution in [3.8, 4) is 0 Å². The van der Waals surface area contributed by atoms with Gasteiger partial charge in [0.05, 0.1) is 10.8 Å². The molecular formula is C20H23N6O. The molecule has 1 fully saturated rings. The molecule has 3 heterocycles. The first kappa shape index (κ1) is 17.5. The molecule has 0 spiro atoms. The van der Waals surface area contributed by atoms with Crippen molar-refractivity contribution in [1.29, 1.82) is 0 Å². The zero-order valence-electron chi connectivity index (χ0n) is 15.3. The summed E-state index contributed by atoms with van der Waals surface area (Å²) >= 11 is 0. The maximum Gasteiger partial charge on any atom is 0.232 e. The number of fused-ring (bicyclic) bond motifs is 1. The molecular weight excluding hydrogens is 340 g/mol. The van der Waals surface area contributed by atoms with E-state index in [9.17, 15) is 4.79 Å². The molecule has 1 aromatic carbocycles.